The minimum Gasteiger partial charge on any atom is -0.491 e. The van der Waals surface area contributed by atoms with Crippen molar-refractivity contribution in [1.82, 2.24) is 4.98 Å². The van der Waals surface area contributed by atoms with Gasteiger partial charge in [0.25, 0.3) is 5.88 Å². The summed E-state index contributed by atoms with van der Waals surface area (Å²) in [6.07, 6.45) is -3.76. The molecule has 0 saturated heterocycles. The summed E-state index contributed by atoms with van der Waals surface area (Å²) in [5.41, 5.74) is 4.31. The van der Waals surface area contributed by atoms with Crippen LogP contribution in [0.25, 0.3) is 0 Å². The Morgan fingerprint density at radius 1 is 1.44 bits per heavy atom. The van der Waals surface area contributed by atoms with Crippen molar-refractivity contribution in [3.05, 3.63) is 17.8 Å². The summed E-state index contributed by atoms with van der Waals surface area (Å²) >= 11 is 0. The molecule has 4 nitrogen and oxygen atoms in total. The number of nitrogens with zero attached hydrogens (tertiary/aromatic N) is 1. The van der Waals surface area contributed by atoms with E-state index in [0.29, 0.717) is 6.20 Å². The topological polar surface area (TPSA) is 57.4 Å². The van der Waals surface area contributed by atoms with Crippen LogP contribution in [0.1, 0.15) is 5.56 Å². The first kappa shape index (κ1) is 12.6. The lowest BCUT2D eigenvalue weighted by Gasteiger charge is -2.11. The first-order chi connectivity index (χ1) is 7.49. The molecule has 16 heavy (non-hydrogen) atoms. The molecular weight excluding hydrogens is 225 g/mol. The molecule has 0 spiro atoms. The van der Waals surface area contributed by atoms with E-state index in [0.717, 1.165) is 6.07 Å². The fourth-order valence-electron chi connectivity index (χ4n) is 0.997. The third-order valence-corrected chi connectivity index (χ3v) is 1.72. The number of pyridine rings is 1. The number of methoxy groups -OCH3 is 1. The van der Waals surface area contributed by atoms with Gasteiger partial charge in [-0.3, -0.25) is 0 Å². The van der Waals surface area contributed by atoms with Gasteiger partial charge in [-0.15, -0.1) is 0 Å². The van der Waals surface area contributed by atoms with Gasteiger partial charge in [0.05, 0.1) is 12.7 Å². The van der Waals surface area contributed by atoms with Crippen molar-refractivity contribution < 1.29 is 22.6 Å². The van der Waals surface area contributed by atoms with Crippen LogP contribution in [0.4, 0.5) is 13.2 Å². The Kier molecular flexibility index (Phi) is 3.94. The number of alkyl halides is 3. The van der Waals surface area contributed by atoms with Gasteiger partial charge in [-0.05, 0) is 6.07 Å². The van der Waals surface area contributed by atoms with Crippen molar-refractivity contribution in [2.75, 3.05) is 20.3 Å². The van der Waals surface area contributed by atoms with Crippen LogP contribution in [-0.4, -0.2) is 25.2 Å². The van der Waals surface area contributed by atoms with Crippen LogP contribution < -0.4 is 15.2 Å². The Bertz CT molecular complexity index is 355. The van der Waals surface area contributed by atoms with Gasteiger partial charge in [-0.2, -0.15) is 13.2 Å². The minimum atomic E-state index is -4.45. The molecule has 0 aliphatic heterocycles. The molecule has 2 N–H and O–H groups in total. The maximum Gasteiger partial charge on any atom is 0.418 e. The summed E-state index contributed by atoms with van der Waals surface area (Å²) in [6.45, 7) is 0.403. The van der Waals surface area contributed by atoms with Gasteiger partial charge < -0.3 is 15.2 Å². The van der Waals surface area contributed by atoms with E-state index >= 15 is 0 Å². The molecule has 0 bridgehead atoms. The van der Waals surface area contributed by atoms with Crippen LogP contribution in [0.5, 0.6) is 11.6 Å². The SMILES string of the molecule is COc1cc(C(F)(F)F)cnc1OCCN. The lowest BCUT2D eigenvalue weighted by atomic mass is 10.2. The zero-order chi connectivity index (χ0) is 12.2. The minimum absolute atomic E-state index is 0.000880. The van der Waals surface area contributed by atoms with Gasteiger partial charge >= 0.3 is 6.18 Å². The summed E-state index contributed by atoms with van der Waals surface area (Å²) in [7, 11) is 1.24. The number of hydrogen-bond acceptors (Lipinski definition) is 4. The maximum absolute atomic E-state index is 12.3. The Hall–Kier alpha value is -1.50. The first-order valence-corrected chi connectivity index (χ1v) is 4.43. The number of ether oxygens (including phenoxy) is 2. The van der Waals surface area contributed by atoms with E-state index in [1.54, 1.807) is 0 Å². The highest BCUT2D eigenvalue weighted by Crippen LogP contribution is 2.34. The average Bonchev–Trinajstić information content (AvgIpc) is 2.24. The number of aromatic nitrogens is 1. The van der Waals surface area contributed by atoms with Crippen molar-refractivity contribution >= 4 is 0 Å². The average molecular weight is 236 g/mol. The van der Waals surface area contributed by atoms with E-state index < -0.39 is 11.7 Å². The standard InChI is InChI=1S/C9H11F3N2O2/c1-15-7-4-6(9(10,11)12)5-14-8(7)16-3-2-13/h4-5H,2-3,13H2,1H3. The summed E-state index contributed by atoms with van der Waals surface area (Å²) in [5.74, 6) is -0.0655. The van der Waals surface area contributed by atoms with Crippen LogP contribution in [0.2, 0.25) is 0 Å². The van der Waals surface area contributed by atoms with Crippen molar-refractivity contribution in [2.45, 2.75) is 6.18 Å². The largest absolute Gasteiger partial charge is 0.491 e. The molecule has 0 aliphatic rings. The predicted octanol–water partition coefficient (Wildman–Crippen LogP) is 1.45. The van der Waals surface area contributed by atoms with Crippen LogP contribution in [0, 0.1) is 0 Å². The molecule has 7 heteroatoms. The fraction of sp³-hybridized carbons (Fsp3) is 0.444. The molecule has 0 atom stereocenters. The molecule has 90 valence electrons. The predicted molar refractivity (Wildman–Crippen MR) is 50.3 cm³/mol. The molecule has 0 saturated carbocycles. The van der Waals surface area contributed by atoms with E-state index in [1.807, 2.05) is 0 Å². The Labute approximate surface area is 90.2 Å². The molecule has 0 fully saturated rings. The third-order valence-electron chi connectivity index (χ3n) is 1.72. The van der Waals surface area contributed by atoms with Gasteiger partial charge in [0.15, 0.2) is 5.75 Å². The molecule has 0 unspecified atom stereocenters. The van der Waals surface area contributed by atoms with Gasteiger partial charge in [0.1, 0.15) is 6.61 Å². The van der Waals surface area contributed by atoms with Gasteiger partial charge in [-0.25, -0.2) is 4.98 Å². The Morgan fingerprint density at radius 3 is 2.62 bits per heavy atom. The molecule has 1 aromatic rings. The Balaban J connectivity index is 2.97. The summed E-state index contributed by atoms with van der Waals surface area (Å²) in [5, 5.41) is 0. The van der Waals surface area contributed by atoms with Crippen LogP contribution in [0.15, 0.2) is 12.3 Å². The summed E-state index contributed by atoms with van der Waals surface area (Å²) < 4.78 is 46.8. The number of hydrogen-bond donors (Lipinski definition) is 1. The van der Waals surface area contributed by atoms with E-state index in [9.17, 15) is 13.2 Å². The summed E-state index contributed by atoms with van der Waals surface area (Å²) in [4.78, 5) is 3.53. The quantitative estimate of drug-likeness (QED) is 0.859. The van der Waals surface area contributed by atoms with Crippen LogP contribution in [-0.2, 0) is 6.18 Å². The van der Waals surface area contributed by atoms with E-state index in [1.165, 1.54) is 7.11 Å². The maximum atomic E-state index is 12.3. The van der Waals surface area contributed by atoms with Crippen molar-refractivity contribution in [2.24, 2.45) is 5.73 Å². The molecule has 0 amide bonds. The number of nitrogens with two attached hydrogens (primary N) is 1. The second-order valence-electron chi connectivity index (χ2n) is 2.87. The van der Waals surface area contributed by atoms with E-state index in [4.69, 9.17) is 15.2 Å². The molecule has 0 aromatic carbocycles. The summed E-state index contributed by atoms with van der Waals surface area (Å²) in [6, 6.07) is 0.832. The van der Waals surface area contributed by atoms with Crippen LogP contribution in [0.3, 0.4) is 0 Å². The van der Waals surface area contributed by atoms with Gasteiger partial charge in [0, 0.05) is 12.7 Å². The highest BCUT2D eigenvalue weighted by atomic mass is 19.4. The fourth-order valence-corrected chi connectivity index (χ4v) is 0.997. The van der Waals surface area contributed by atoms with Gasteiger partial charge in [0.2, 0.25) is 0 Å². The van der Waals surface area contributed by atoms with Crippen molar-refractivity contribution in [3.63, 3.8) is 0 Å². The Morgan fingerprint density at radius 2 is 2.12 bits per heavy atom. The highest BCUT2D eigenvalue weighted by Gasteiger charge is 2.32. The second-order valence-corrected chi connectivity index (χ2v) is 2.87. The highest BCUT2D eigenvalue weighted by molar-refractivity contribution is 5.37. The van der Waals surface area contributed by atoms with E-state index in [-0.39, 0.29) is 24.8 Å². The van der Waals surface area contributed by atoms with Crippen molar-refractivity contribution in [3.8, 4) is 11.6 Å². The number of halogens is 3. The second kappa shape index (κ2) is 5.02. The molecule has 1 heterocycles. The molecular formula is C9H11F3N2O2. The molecule has 0 radical (unpaired) electrons. The number of rotatable bonds is 4. The lowest BCUT2D eigenvalue weighted by Crippen LogP contribution is -2.13. The molecule has 0 aliphatic carbocycles. The first-order valence-electron chi connectivity index (χ1n) is 4.43. The monoisotopic (exact) mass is 236 g/mol. The van der Waals surface area contributed by atoms with Crippen LogP contribution >= 0.6 is 0 Å². The van der Waals surface area contributed by atoms with Gasteiger partial charge in [-0.1, -0.05) is 0 Å². The third kappa shape index (κ3) is 2.99. The normalized spacial score (nSPS) is 11.3. The zero-order valence-electron chi connectivity index (χ0n) is 8.54. The lowest BCUT2D eigenvalue weighted by molar-refractivity contribution is -0.138. The molecule has 1 aromatic heterocycles. The molecule has 1 rings (SSSR count). The smallest absolute Gasteiger partial charge is 0.418 e. The van der Waals surface area contributed by atoms with Crippen molar-refractivity contribution in [1.29, 1.82) is 0 Å². The van der Waals surface area contributed by atoms with E-state index in [2.05, 4.69) is 4.98 Å². The zero-order valence-corrected chi connectivity index (χ0v) is 8.54.